The third-order valence-corrected chi connectivity index (χ3v) is 3.94. The van der Waals surface area contributed by atoms with Gasteiger partial charge in [-0.2, -0.15) is 0 Å². The Balaban J connectivity index is 2.04. The molecule has 2 atom stereocenters. The lowest BCUT2D eigenvalue weighted by Gasteiger charge is -2.12. The maximum absolute atomic E-state index is 5.65. The van der Waals surface area contributed by atoms with Crippen LogP contribution in [0.1, 0.15) is 31.2 Å². The van der Waals surface area contributed by atoms with Crippen molar-refractivity contribution in [2.75, 3.05) is 13.2 Å². The summed E-state index contributed by atoms with van der Waals surface area (Å²) in [7, 11) is 0. The van der Waals surface area contributed by atoms with Gasteiger partial charge in [-0.3, -0.25) is 0 Å². The molecule has 1 aromatic carbocycles. The Morgan fingerprint density at radius 3 is 3.06 bits per heavy atom. The molecule has 16 heavy (non-hydrogen) atoms. The molecule has 1 N–H and O–H groups in total. The lowest BCUT2D eigenvalue weighted by Crippen LogP contribution is -2.13. The predicted octanol–water partition coefficient (Wildman–Crippen LogP) is 3.20. The van der Waals surface area contributed by atoms with Crippen LogP contribution in [0.4, 0.5) is 0 Å². The molecule has 0 aromatic heterocycles. The topological polar surface area (TPSA) is 21.3 Å². The zero-order chi connectivity index (χ0) is 11.4. The van der Waals surface area contributed by atoms with Crippen molar-refractivity contribution in [2.45, 2.75) is 30.9 Å². The highest BCUT2D eigenvalue weighted by Gasteiger charge is 2.22. The summed E-state index contributed by atoms with van der Waals surface area (Å²) >= 11 is 1.98. The van der Waals surface area contributed by atoms with E-state index in [0.717, 1.165) is 25.3 Å². The van der Waals surface area contributed by atoms with Crippen LogP contribution in [0.15, 0.2) is 24.3 Å². The predicted molar refractivity (Wildman–Crippen MR) is 70.0 cm³/mol. The molecular weight excluding hydrogens is 218 g/mol. The lowest BCUT2D eigenvalue weighted by molar-refractivity contribution is 0.317. The van der Waals surface area contributed by atoms with Gasteiger partial charge < -0.3 is 10.1 Å². The van der Waals surface area contributed by atoms with E-state index in [-0.39, 0.29) is 0 Å². The number of hydrogen-bond donors (Lipinski definition) is 1. The molecule has 0 aliphatic carbocycles. The van der Waals surface area contributed by atoms with Gasteiger partial charge in [-0.05, 0) is 24.1 Å². The highest BCUT2D eigenvalue weighted by Crippen LogP contribution is 2.35. The Morgan fingerprint density at radius 1 is 1.50 bits per heavy atom. The molecule has 2 unspecified atom stereocenters. The van der Waals surface area contributed by atoms with Crippen LogP contribution in [0.25, 0.3) is 0 Å². The minimum absolute atomic E-state index is 0.431. The first-order chi connectivity index (χ1) is 7.79. The highest BCUT2D eigenvalue weighted by atomic mass is 32.2. The van der Waals surface area contributed by atoms with E-state index in [2.05, 4.69) is 37.4 Å². The van der Waals surface area contributed by atoms with Gasteiger partial charge in [0.05, 0.1) is 12.0 Å². The molecule has 0 amide bonds. The van der Waals surface area contributed by atoms with E-state index in [1.807, 2.05) is 17.8 Å². The Labute approximate surface area is 102 Å². The lowest BCUT2D eigenvalue weighted by atomic mass is 10.2. The van der Waals surface area contributed by atoms with Crippen molar-refractivity contribution in [2.24, 2.45) is 0 Å². The van der Waals surface area contributed by atoms with Crippen molar-refractivity contribution in [1.29, 1.82) is 0 Å². The van der Waals surface area contributed by atoms with Crippen LogP contribution < -0.4 is 10.1 Å². The fraction of sp³-hybridized carbons (Fsp3) is 0.538. The normalized spacial score (nSPS) is 24.6. The average Bonchev–Trinajstić information content (AvgIpc) is 2.74. The van der Waals surface area contributed by atoms with E-state index in [1.54, 1.807) is 0 Å². The summed E-state index contributed by atoms with van der Waals surface area (Å²) in [6.07, 6.45) is 1.05. The molecule has 1 aliphatic heterocycles. The second kappa shape index (κ2) is 5.60. The van der Waals surface area contributed by atoms with Gasteiger partial charge in [0.15, 0.2) is 0 Å². The first-order valence-corrected chi connectivity index (χ1v) is 6.85. The number of ether oxygens (including phenoxy) is 1. The van der Waals surface area contributed by atoms with Gasteiger partial charge in [0.2, 0.25) is 0 Å². The number of nitrogens with one attached hydrogen (secondary N) is 1. The summed E-state index contributed by atoms with van der Waals surface area (Å²) in [5.74, 6) is 0.987. The molecular formula is C13H19NOS. The molecule has 2 nitrogen and oxygen atoms in total. The highest BCUT2D eigenvalue weighted by molar-refractivity contribution is 8.00. The van der Waals surface area contributed by atoms with Crippen LogP contribution in [0, 0.1) is 0 Å². The smallest absolute Gasteiger partial charge is 0.119 e. The minimum atomic E-state index is 0.431. The quantitative estimate of drug-likeness (QED) is 0.869. The Hall–Kier alpha value is -0.670. The van der Waals surface area contributed by atoms with Crippen LogP contribution in [-0.4, -0.2) is 18.4 Å². The molecule has 0 radical (unpaired) electrons. The third-order valence-electron chi connectivity index (χ3n) is 2.59. The van der Waals surface area contributed by atoms with Crippen LogP contribution in [0.5, 0.6) is 5.75 Å². The summed E-state index contributed by atoms with van der Waals surface area (Å²) in [5.41, 5.74) is 1.32. The number of rotatable bonds is 4. The minimum Gasteiger partial charge on any atom is -0.494 e. The van der Waals surface area contributed by atoms with Gasteiger partial charge in [0.25, 0.3) is 0 Å². The van der Waals surface area contributed by atoms with Crippen molar-refractivity contribution < 1.29 is 4.74 Å². The van der Waals surface area contributed by atoms with Gasteiger partial charge in [-0.25, -0.2) is 0 Å². The second-order valence-corrected chi connectivity index (χ2v) is 5.70. The summed E-state index contributed by atoms with van der Waals surface area (Å²) in [4.78, 5) is 0. The number of benzene rings is 1. The largest absolute Gasteiger partial charge is 0.494 e. The van der Waals surface area contributed by atoms with Crippen LogP contribution in [0.3, 0.4) is 0 Å². The first kappa shape index (κ1) is 11.8. The van der Waals surface area contributed by atoms with E-state index in [4.69, 9.17) is 4.74 Å². The van der Waals surface area contributed by atoms with Crippen molar-refractivity contribution in [3.63, 3.8) is 0 Å². The monoisotopic (exact) mass is 237 g/mol. The van der Waals surface area contributed by atoms with E-state index in [0.29, 0.717) is 10.6 Å². The summed E-state index contributed by atoms with van der Waals surface area (Å²) in [6, 6.07) is 8.42. The summed E-state index contributed by atoms with van der Waals surface area (Å²) < 4.78 is 5.65. The first-order valence-electron chi connectivity index (χ1n) is 5.91. The summed E-state index contributed by atoms with van der Waals surface area (Å²) in [6.45, 7) is 6.27. The Bertz CT molecular complexity index is 342. The second-order valence-electron chi connectivity index (χ2n) is 4.16. The van der Waals surface area contributed by atoms with Crippen LogP contribution >= 0.6 is 11.8 Å². The molecule has 1 saturated heterocycles. The molecule has 88 valence electrons. The maximum Gasteiger partial charge on any atom is 0.119 e. The molecule has 2 rings (SSSR count). The SMILES string of the molecule is CCCOc1cccc(C2NCC(C)S2)c1. The maximum atomic E-state index is 5.65. The average molecular weight is 237 g/mol. The van der Waals surface area contributed by atoms with Gasteiger partial charge in [0, 0.05) is 11.8 Å². The van der Waals surface area contributed by atoms with E-state index >= 15 is 0 Å². The molecule has 1 aliphatic rings. The molecule has 3 heteroatoms. The third kappa shape index (κ3) is 2.92. The van der Waals surface area contributed by atoms with E-state index in [1.165, 1.54) is 5.56 Å². The molecule has 1 heterocycles. The molecule has 0 spiro atoms. The number of hydrogen-bond acceptors (Lipinski definition) is 3. The van der Waals surface area contributed by atoms with E-state index in [9.17, 15) is 0 Å². The fourth-order valence-electron chi connectivity index (χ4n) is 1.79. The zero-order valence-electron chi connectivity index (χ0n) is 9.90. The van der Waals surface area contributed by atoms with E-state index < -0.39 is 0 Å². The summed E-state index contributed by atoms with van der Waals surface area (Å²) in [5, 5.41) is 4.64. The van der Waals surface area contributed by atoms with Gasteiger partial charge >= 0.3 is 0 Å². The van der Waals surface area contributed by atoms with Crippen molar-refractivity contribution in [3.05, 3.63) is 29.8 Å². The van der Waals surface area contributed by atoms with Gasteiger partial charge in [0.1, 0.15) is 5.75 Å². The number of thioether (sulfide) groups is 1. The van der Waals surface area contributed by atoms with Crippen molar-refractivity contribution in [3.8, 4) is 5.75 Å². The standard InChI is InChI=1S/C13H19NOS/c1-3-7-15-12-6-4-5-11(8-12)13-14-9-10(2)16-13/h4-6,8,10,13-14H,3,7,9H2,1-2H3. The molecule has 1 fully saturated rings. The zero-order valence-corrected chi connectivity index (χ0v) is 10.7. The van der Waals surface area contributed by atoms with Gasteiger partial charge in [-0.1, -0.05) is 26.0 Å². The molecule has 0 saturated carbocycles. The Kier molecular flexibility index (Phi) is 4.13. The fourth-order valence-corrected chi connectivity index (χ4v) is 2.94. The van der Waals surface area contributed by atoms with Crippen molar-refractivity contribution in [1.82, 2.24) is 5.32 Å². The molecule has 1 aromatic rings. The van der Waals surface area contributed by atoms with Crippen LogP contribution in [0.2, 0.25) is 0 Å². The molecule has 0 bridgehead atoms. The van der Waals surface area contributed by atoms with Gasteiger partial charge in [-0.15, -0.1) is 11.8 Å². The van der Waals surface area contributed by atoms with Crippen LogP contribution in [-0.2, 0) is 0 Å². The van der Waals surface area contributed by atoms with Crippen molar-refractivity contribution >= 4 is 11.8 Å². The Morgan fingerprint density at radius 2 is 2.38 bits per heavy atom.